The summed E-state index contributed by atoms with van der Waals surface area (Å²) in [6.07, 6.45) is -0.229. The van der Waals surface area contributed by atoms with Gasteiger partial charge in [-0.1, -0.05) is 12.1 Å². The van der Waals surface area contributed by atoms with Crippen molar-refractivity contribution >= 4 is 21.4 Å². The van der Waals surface area contributed by atoms with Crippen LogP contribution in [0, 0.1) is 6.92 Å². The maximum atomic E-state index is 12.4. The molecular formula is C17H18F2N2O4S. The van der Waals surface area contributed by atoms with Gasteiger partial charge >= 0.3 is 0 Å². The molecule has 2 aromatic rings. The number of carbonyl (C=O) groups excluding carboxylic acids is 1. The molecule has 0 saturated carbocycles. The van der Waals surface area contributed by atoms with Crippen LogP contribution in [-0.2, 0) is 15.6 Å². The molecule has 1 aromatic carbocycles. The summed E-state index contributed by atoms with van der Waals surface area (Å²) in [5, 5.41) is 2.68. The van der Waals surface area contributed by atoms with Gasteiger partial charge in [0.15, 0.2) is 16.4 Å². The van der Waals surface area contributed by atoms with E-state index in [0.717, 1.165) is 6.26 Å². The molecule has 0 aliphatic carbocycles. The molecular weight excluding hydrogens is 366 g/mol. The standard InChI is InChI=1S/C17H18F2N2O4S/c1-11-13(10-26(2,23)24)4-3-5-14(11)21-17(22)12-6-7-20-16(8-12)25-9-15(18)19/h3-8,15H,9-10H2,1-2H3,(H,21,22). The summed E-state index contributed by atoms with van der Waals surface area (Å²) in [4.78, 5) is 16.2. The van der Waals surface area contributed by atoms with Crippen LogP contribution < -0.4 is 10.1 Å². The Bertz CT molecular complexity index is 901. The number of carbonyl (C=O) groups is 1. The third-order valence-corrected chi connectivity index (χ3v) is 4.30. The number of hydrogen-bond donors (Lipinski definition) is 1. The third kappa shape index (κ3) is 5.76. The Hall–Kier alpha value is -2.55. The van der Waals surface area contributed by atoms with Gasteiger partial charge in [-0.05, 0) is 30.2 Å². The Morgan fingerprint density at radius 1 is 1.31 bits per heavy atom. The van der Waals surface area contributed by atoms with Gasteiger partial charge < -0.3 is 10.1 Å². The number of nitrogens with one attached hydrogen (secondary N) is 1. The predicted octanol–water partition coefficient (Wildman–Crippen LogP) is 2.83. The highest BCUT2D eigenvalue weighted by atomic mass is 32.2. The van der Waals surface area contributed by atoms with E-state index in [1.165, 1.54) is 18.3 Å². The maximum absolute atomic E-state index is 12.4. The molecule has 0 bridgehead atoms. The minimum atomic E-state index is -3.21. The first-order valence-electron chi connectivity index (χ1n) is 7.60. The Kier molecular flexibility index (Phi) is 6.25. The molecule has 140 valence electrons. The molecule has 26 heavy (non-hydrogen) atoms. The van der Waals surface area contributed by atoms with Crippen LogP contribution in [0.25, 0.3) is 0 Å². The second-order valence-corrected chi connectivity index (χ2v) is 7.84. The lowest BCUT2D eigenvalue weighted by Gasteiger charge is -2.12. The smallest absolute Gasteiger partial charge is 0.272 e. The highest BCUT2D eigenvalue weighted by Crippen LogP contribution is 2.22. The SMILES string of the molecule is Cc1c(CS(C)(=O)=O)cccc1NC(=O)c1ccnc(OCC(F)F)c1. The van der Waals surface area contributed by atoms with Crippen LogP contribution >= 0.6 is 0 Å². The van der Waals surface area contributed by atoms with Crippen LogP contribution in [-0.4, -0.2) is 38.6 Å². The van der Waals surface area contributed by atoms with Gasteiger partial charge in [-0.15, -0.1) is 0 Å². The van der Waals surface area contributed by atoms with Gasteiger partial charge in [-0.3, -0.25) is 4.79 Å². The van der Waals surface area contributed by atoms with E-state index in [9.17, 15) is 22.0 Å². The minimum Gasteiger partial charge on any atom is -0.472 e. The van der Waals surface area contributed by atoms with E-state index >= 15 is 0 Å². The summed E-state index contributed by atoms with van der Waals surface area (Å²) >= 11 is 0. The first-order valence-corrected chi connectivity index (χ1v) is 9.66. The van der Waals surface area contributed by atoms with Gasteiger partial charge in [0.1, 0.15) is 0 Å². The highest BCUT2D eigenvalue weighted by molar-refractivity contribution is 7.89. The Labute approximate surface area is 150 Å². The quantitative estimate of drug-likeness (QED) is 0.793. The molecule has 0 spiro atoms. The first kappa shape index (κ1) is 19.8. The molecule has 6 nitrogen and oxygen atoms in total. The lowest BCUT2D eigenvalue weighted by Crippen LogP contribution is -2.15. The van der Waals surface area contributed by atoms with Gasteiger partial charge in [0.05, 0.1) is 5.75 Å². The van der Waals surface area contributed by atoms with Crippen molar-refractivity contribution in [3.05, 3.63) is 53.2 Å². The number of pyridine rings is 1. The third-order valence-electron chi connectivity index (χ3n) is 3.47. The molecule has 2 rings (SSSR count). The van der Waals surface area contributed by atoms with Crippen LogP contribution in [0.1, 0.15) is 21.5 Å². The summed E-state index contributed by atoms with van der Waals surface area (Å²) < 4.78 is 52.2. The number of halogens is 2. The van der Waals surface area contributed by atoms with Gasteiger partial charge in [-0.25, -0.2) is 22.2 Å². The van der Waals surface area contributed by atoms with Gasteiger partial charge in [0.25, 0.3) is 12.3 Å². The second-order valence-electron chi connectivity index (χ2n) is 5.70. The Balaban J connectivity index is 2.17. The molecule has 1 heterocycles. The zero-order valence-corrected chi connectivity index (χ0v) is 15.0. The lowest BCUT2D eigenvalue weighted by molar-refractivity contribution is 0.0795. The van der Waals surface area contributed by atoms with Crippen molar-refractivity contribution in [1.82, 2.24) is 4.98 Å². The Morgan fingerprint density at radius 3 is 2.69 bits per heavy atom. The Morgan fingerprint density at radius 2 is 2.04 bits per heavy atom. The number of nitrogens with zero attached hydrogens (tertiary/aromatic N) is 1. The summed E-state index contributed by atoms with van der Waals surface area (Å²) in [6, 6.07) is 7.64. The highest BCUT2D eigenvalue weighted by Gasteiger charge is 2.14. The van der Waals surface area contributed by atoms with E-state index in [0.29, 0.717) is 16.8 Å². The predicted molar refractivity (Wildman–Crippen MR) is 93.4 cm³/mol. The minimum absolute atomic E-state index is 0.0829. The fourth-order valence-corrected chi connectivity index (χ4v) is 3.11. The molecule has 0 aliphatic heterocycles. The van der Waals surface area contributed by atoms with Gasteiger partial charge in [0, 0.05) is 29.8 Å². The summed E-state index contributed by atoms with van der Waals surface area (Å²) in [6.45, 7) is 0.893. The van der Waals surface area contributed by atoms with E-state index in [1.54, 1.807) is 25.1 Å². The molecule has 9 heteroatoms. The molecule has 0 saturated heterocycles. The molecule has 0 fully saturated rings. The van der Waals surface area contributed by atoms with Crippen LogP contribution in [0.5, 0.6) is 5.88 Å². The van der Waals surface area contributed by atoms with Gasteiger partial charge in [-0.2, -0.15) is 0 Å². The van der Waals surface area contributed by atoms with Gasteiger partial charge in [0.2, 0.25) is 5.88 Å². The summed E-state index contributed by atoms with van der Waals surface area (Å²) in [5.41, 5.74) is 1.86. The number of alkyl halides is 2. The van der Waals surface area contributed by atoms with Crippen molar-refractivity contribution in [3.63, 3.8) is 0 Å². The number of hydrogen-bond acceptors (Lipinski definition) is 5. The van der Waals surface area contributed by atoms with Crippen molar-refractivity contribution in [2.45, 2.75) is 19.1 Å². The number of aromatic nitrogens is 1. The summed E-state index contributed by atoms with van der Waals surface area (Å²) in [5.74, 6) is -0.710. The first-order chi connectivity index (χ1) is 12.2. The normalized spacial score (nSPS) is 11.4. The number of amides is 1. The number of sulfone groups is 1. The fraction of sp³-hybridized carbons (Fsp3) is 0.294. The van der Waals surface area contributed by atoms with Crippen LogP contribution in [0.4, 0.5) is 14.5 Å². The monoisotopic (exact) mass is 384 g/mol. The lowest BCUT2D eigenvalue weighted by atomic mass is 10.1. The zero-order valence-electron chi connectivity index (χ0n) is 14.2. The average Bonchev–Trinajstić information content (AvgIpc) is 2.55. The molecule has 0 unspecified atom stereocenters. The number of anilines is 1. The van der Waals surface area contributed by atoms with Crippen molar-refractivity contribution in [2.24, 2.45) is 0 Å². The molecule has 1 N–H and O–H groups in total. The largest absolute Gasteiger partial charge is 0.472 e. The fourth-order valence-electron chi connectivity index (χ4n) is 2.23. The zero-order chi connectivity index (χ0) is 19.3. The van der Waals surface area contributed by atoms with E-state index < -0.39 is 28.8 Å². The number of benzene rings is 1. The molecule has 1 aromatic heterocycles. The molecule has 0 atom stereocenters. The average molecular weight is 384 g/mol. The number of rotatable bonds is 7. The van der Waals surface area contributed by atoms with E-state index in [1.807, 2.05) is 0 Å². The van der Waals surface area contributed by atoms with Crippen molar-refractivity contribution in [1.29, 1.82) is 0 Å². The van der Waals surface area contributed by atoms with Crippen LogP contribution in [0.3, 0.4) is 0 Å². The van der Waals surface area contributed by atoms with E-state index in [2.05, 4.69) is 10.3 Å². The van der Waals surface area contributed by atoms with Crippen LogP contribution in [0.2, 0.25) is 0 Å². The van der Waals surface area contributed by atoms with Crippen molar-refractivity contribution in [3.8, 4) is 5.88 Å². The number of ether oxygens (including phenoxy) is 1. The summed E-state index contributed by atoms with van der Waals surface area (Å²) in [7, 11) is -3.21. The molecule has 1 amide bonds. The topological polar surface area (TPSA) is 85.4 Å². The van der Waals surface area contributed by atoms with E-state index in [4.69, 9.17) is 4.74 Å². The van der Waals surface area contributed by atoms with Crippen LogP contribution in [0.15, 0.2) is 36.5 Å². The maximum Gasteiger partial charge on any atom is 0.272 e. The second kappa shape index (κ2) is 8.22. The molecule has 0 aliphatic rings. The molecule has 0 radical (unpaired) electrons. The van der Waals surface area contributed by atoms with Crippen molar-refractivity contribution < 1.29 is 26.7 Å². The van der Waals surface area contributed by atoms with E-state index in [-0.39, 0.29) is 17.2 Å². The van der Waals surface area contributed by atoms with Crippen molar-refractivity contribution in [2.75, 3.05) is 18.2 Å².